The topological polar surface area (TPSA) is 26.0 Å². The fourth-order valence-electron chi connectivity index (χ4n) is 1.79. The molecule has 2 N–H and O–H groups in total. The van der Waals surface area contributed by atoms with Crippen LogP contribution in [0.2, 0.25) is 0 Å². The van der Waals surface area contributed by atoms with Gasteiger partial charge in [0.05, 0.1) is 0 Å². The maximum atomic E-state index is 6.08. The van der Waals surface area contributed by atoms with E-state index in [4.69, 9.17) is 5.73 Å². The molecule has 0 saturated heterocycles. The van der Waals surface area contributed by atoms with Crippen LogP contribution in [0.3, 0.4) is 0 Å². The summed E-state index contributed by atoms with van der Waals surface area (Å²) in [5, 5.41) is 0. The minimum Gasteiger partial charge on any atom is -0.325 e. The Bertz CT molecular complexity index is 118. The lowest BCUT2D eigenvalue weighted by Crippen LogP contribution is -2.46. The van der Waals surface area contributed by atoms with E-state index < -0.39 is 0 Å². The Labute approximate surface area is 64.0 Å². The number of hydrogen-bond donors (Lipinski definition) is 1. The molecule has 1 aliphatic rings. The summed E-state index contributed by atoms with van der Waals surface area (Å²) in [6.45, 7) is 6.78. The Morgan fingerprint density at radius 3 is 2.40 bits per heavy atom. The molecule has 0 aromatic rings. The average molecular weight is 141 g/mol. The van der Waals surface area contributed by atoms with Crippen molar-refractivity contribution in [1.82, 2.24) is 0 Å². The second-order valence-electron chi connectivity index (χ2n) is 4.29. The van der Waals surface area contributed by atoms with E-state index >= 15 is 0 Å². The van der Waals surface area contributed by atoms with Crippen LogP contribution in [-0.2, 0) is 0 Å². The predicted molar refractivity (Wildman–Crippen MR) is 44.8 cm³/mol. The van der Waals surface area contributed by atoms with Gasteiger partial charge in [0.25, 0.3) is 0 Å². The van der Waals surface area contributed by atoms with Crippen LogP contribution in [0.25, 0.3) is 0 Å². The van der Waals surface area contributed by atoms with E-state index in [2.05, 4.69) is 20.8 Å². The molecule has 0 aromatic heterocycles. The molecule has 3 atom stereocenters. The Morgan fingerprint density at radius 1 is 1.40 bits per heavy atom. The van der Waals surface area contributed by atoms with Gasteiger partial charge in [0.1, 0.15) is 0 Å². The molecule has 1 heteroatoms. The molecular weight excluding hydrogens is 122 g/mol. The quantitative estimate of drug-likeness (QED) is 0.549. The number of nitrogens with two attached hydrogens (primary N) is 1. The summed E-state index contributed by atoms with van der Waals surface area (Å²) < 4.78 is 0. The molecule has 3 unspecified atom stereocenters. The molecule has 0 heterocycles. The highest BCUT2D eigenvalue weighted by Crippen LogP contribution is 2.34. The Morgan fingerprint density at radius 2 is 2.00 bits per heavy atom. The minimum atomic E-state index is 0.118. The second kappa shape index (κ2) is 2.54. The maximum absolute atomic E-state index is 6.08. The molecule has 0 radical (unpaired) electrons. The predicted octanol–water partition coefficient (Wildman–Crippen LogP) is 2.16. The summed E-state index contributed by atoms with van der Waals surface area (Å²) in [4.78, 5) is 0. The van der Waals surface area contributed by atoms with E-state index in [1.807, 2.05) is 0 Å². The van der Waals surface area contributed by atoms with Gasteiger partial charge in [-0.05, 0) is 38.0 Å². The van der Waals surface area contributed by atoms with Gasteiger partial charge in [0, 0.05) is 5.54 Å². The van der Waals surface area contributed by atoms with Crippen LogP contribution in [0.5, 0.6) is 0 Å². The molecule has 0 aliphatic heterocycles. The van der Waals surface area contributed by atoms with Crippen molar-refractivity contribution in [2.45, 2.75) is 45.6 Å². The first-order valence-electron chi connectivity index (χ1n) is 4.31. The van der Waals surface area contributed by atoms with Crippen molar-refractivity contribution in [3.63, 3.8) is 0 Å². The highest BCUT2D eigenvalue weighted by Gasteiger charge is 2.31. The van der Waals surface area contributed by atoms with Crippen LogP contribution in [0.4, 0.5) is 0 Å². The summed E-state index contributed by atoms with van der Waals surface area (Å²) in [7, 11) is 0. The summed E-state index contributed by atoms with van der Waals surface area (Å²) in [5.74, 6) is 1.60. The maximum Gasteiger partial charge on any atom is 0.0151 e. The second-order valence-corrected chi connectivity index (χ2v) is 4.29. The van der Waals surface area contributed by atoms with Crippen molar-refractivity contribution in [1.29, 1.82) is 0 Å². The first-order valence-corrected chi connectivity index (χ1v) is 4.31. The third-order valence-electron chi connectivity index (χ3n) is 3.06. The van der Waals surface area contributed by atoms with Gasteiger partial charge in [-0.3, -0.25) is 0 Å². The van der Waals surface area contributed by atoms with Crippen LogP contribution < -0.4 is 5.73 Å². The Hall–Kier alpha value is -0.0400. The SMILES string of the molecule is CC1CCC(C)(N)C(C)C1. The summed E-state index contributed by atoms with van der Waals surface area (Å²) in [6, 6.07) is 0. The zero-order chi connectivity index (χ0) is 7.78. The fourth-order valence-corrected chi connectivity index (χ4v) is 1.79. The van der Waals surface area contributed by atoms with E-state index in [9.17, 15) is 0 Å². The van der Waals surface area contributed by atoms with Gasteiger partial charge in [0.2, 0.25) is 0 Å². The lowest BCUT2D eigenvalue weighted by Gasteiger charge is -2.39. The van der Waals surface area contributed by atoms with Crippen molar-refractivity contribution in [3.8, 4) is 0 Å². The normalized spacial score (nSPS) is 49.2. The van der Waals surface area contributed by atoms with Gasteiger partial charge in [-0.2, -0.15) is 0 Å². The van der Waals surface area contributed by atoms with E-state index in [-0.39, 0.29) is 5.54 Å². The summed E-state index contributed by atoms with van der Waals surface area (Å²) >= 11 is 0. The monoisotopic (exact) mass is 141 g/mol. The smallest absolute Gasteiger partial charge is 0.0151 e. The van der Waals surface area contributed by atoms with Crippen LogP contribution in [-0.4, -0.2) is 5.54 Å². The molecule has 1 aliphatic carbocycles. The van der Waals surface area contributed by atoms with Crippen molar-refractivity contribution in [2.75, 3.05) is 0 Å². The molecule has 1 fully saturated rings. The van der Waals surface area contributed by atoms with Crippen LogP contribution >= 0.6 is 0 Å². The minimum absolute atomic E-state index is 0.118. The standard InChI is InChI=1S/C9H19N/c1-7-4-5-9(3,10)8(2)6-7/h7-8H,4-6,10H2,1-3H3. The molecule has 10 heavy (non-hydrogen) atoms. The fraction of sp³-hybridized carbons (Fsp3) is 1.00. The van der Waals surface area contributed by atoms with Gasteiger partial charge in [0.15, 0.2) is 0 Å². The van der Waals surface area contributed by atoms with Crippen molar-refractivity contribution in [2.24, 2.45) is 17.6 Å². The van der Waals surface area contributed by atoms with E-state index in [1.54, 1.807) is 0 Å². The third kappa shape index (κ3) is 1.51. The molecule has 1 nitrogen and oxygen atoms in total. The average Bonchev–Trinajstić information content (AvgIpc) is 1.81. The zero-order valence-corrected chi connectivity index (χ0v) is 7.35. The first kappa shape index (κ1) is 8.06. The van der Waals surface area contributed by atoms with Gasteiger partial charge in [-0.15, -0.1) is 0 Å². The largest absolute Gasteiger partial charge is 0.325 e. The van der Waals surface area contributed by atoms with Crippen molar-refractivity contribution in [3.05, 3.63) is 0 Å². The lowest BCUT2D eigenvalue weighted by molar-refractivity contribution is 0.181. The number of rotatable bonds is 0. The van der Waals surface area contributed by atoms with Gasteiger partial charge in [-0.1, -0.05) is 13.8 Å². The van der Waals surface area contributed by atoms with Gasteiger partial charge >= 0.3 is 0 Å². The molecular formula is C9H19N. The van der Waals surface area contributed by atoms with Crippen molar-refractivity contribution < 1.29 is 0 Å². The van der Waals surface area contributed by atoms with E-state index in [0.717, 1.165) is 5.92 Å². The first-order chi connectivity index (χ1) is 4.52. The molecule has 60 valence electrons. The van der Waals surface area contributed by atoms with Crippen LogP contribution in [0.1, 0.15) is 40.0 Å². The molecule has 0 spiro atoms. The lowest BCUT2D eigenvalue weighted by atomic mass is 9.72. The number of hydrogen-bond acceptors (Lipinski definition) is 1. The van der Waals surface area contributed by atoms with Crippen LogP contribution in [0.15, 0.2) is 0 Å². The van der Waals surface area contributed by atoms with Gasteiger partial charge < -0.3 is 5.73 Å². The van der Waals surface area contributed by atoms with E-state index in [0.29, 0.717) is 5.92 Å². The van der Waals surface area contributed by atoms with Gasteiger partial charge in [-0.25, -0.2) is 0 Å². The third-order valence-corrected chi connectivity index (χ3v) is 3.06. The van der Waals surface area contributed by atoms with E-state index in [1.165, 1.54) is 19.3 Å². The molecule has 1 rings (SSSR count). The van der Waals surface area contributed by atoms with Crippen LogP contribution in [0, 0.1) is 11.8 Å². The zero-order valence-electron chi connectivity index (χ0n) is 7.35. The Balaban J connectivity index is 2.52. The molecule has 0 amide bonds. The summed E-state index contributed by atoms with van der Waals surface area (Å²) in [6.07, 6.45) is 3.83. The summed E-state index contributed by atoms with van der Waals surface area (Å²) in [5.41, 5.74) is 6.20. The highest BCUT2D eigenvalue weighted by molar-refractivity contribution is 4.89. The molecule has 1 saturated carbocycles. The van der Waals surface area contributed by atoms with Crippen molar-refractivity contribution >= 4 is 0 Å². The highest BCUT2D eigenvalue weighted by atomic mass is 14.7. The molecule has 0 aromatic carbocycles. The Kier molecular flexibility index (Phi) is 2.04. The molecule has 0 bridgehead atoms.